The molecule has 0 aliphatic heterocycles. The minimum Gasteiger partial charge on any atom is -0.462 e. The number of amides is 1. The van der Waals surface area contributed by atoms with E-state index in [0.717, 1.165) is 27.1 Å². The van der Waals surface area contributed by atoms with Gasteiger partial charge in [0.25, 0.3) is 0 Å². The Labute approximate surface area is 253 Å². The van der Waals surface area contributed by atoms with Gasteiger partial charge >= 0.3 is 5.97 Å². The Balaban J connectivity index is 1.41. The smallest absolute Gasteiger partial charge is 0.338 e. The molecule has 43 heavy (non-hydrogen) atoms. The number of carbonyl (C=O) groups excluding carboxylic acids is 2. The number of esters is 1. The molecule has 218 valence electrons. The van der Waals surface area contributed by atoms with Crippen LogP contribution < -0.4 is 4.90 Å². The second kappa shape index (κ2) is 14.1. The molecular formula is C32H30N6O4S. The quantitative estimate of drug-likeness (QED) is 0.105. The van der Waals surface area contributed by atoms with E-state index < -0.39 is 5.97 Å². The van der Waals surface area contributed by atoms with Crippen LogP contribution >= 0.6 is 11.3 Å². The maximum absolute atomic E-state index is 13.8. The summed E-state index contributed by atoms with van der Waals surface area (Å²) >= 11 is 1.54. The topological polar surface area (TPSA) is 123 Å². The Bertz CT molecular complexity index is 1690. The van der Waals surface area contributed by atoms with Crippen molar-refractivity contribution in [3.63, 3.8) is 0 Å². The van der Waals surface area contributed by atoms with Crippen LogP contribution in [0.3, 0.4) is 0 Å². The minimum atomic E-state index is -0.437. The number of nitrogens with zero attached hydrogens (tertiary/aromatic N) is 5. The number of hydrogen-bond donors (Lipinski definition) is 1. The fourth-order valence-electron chi connectivity index (χ4n) is 4.64. The zero-order chi connectivity index (χ0) is 30.0. The Hall–Kier alpha value is -5.16. The van der Waals surface area contributed by atoms with Gasteiger partial charge in [-0.2, -0.15) is 5.21 Å². The number of aromatic amines is 1. The van der Waals surface area contributed by atoms with E-state index in [2.05, 4.69) is 25.8 Å². The van der Waals surface area contributed by atoms with Crippen molar-refractivity contribution in [2.45, 2.75) is 26.3 Å². The van der Waals surface area contributed by atoms with Gasteiger partial charge in [-0.25, -0.2) is 4.79 Å². The number of benzene rings is 3. The molecule has 3 aromatic carbocycles. The predicted octanol–water partition coefficient (Wildman–Crippen LogP) is 6.14. The molecule has 0 unspecified atom stereocenters. The molecule has 10 nitrogen and oxygen atoms in total. The number of anilines is 1. The lowest BCUT2D eigenvalue weighted by Crippen LogP contribution is -2.31. The normalized spacial score (nSPS) is 11.3. The fraction of sp³-hybridized carbons (Fsp3) is 0.188. The lowest BCUT2D eigenvalue weighted by atomic mass is 9.98. The van der Waals surface area contributed by atoms with Crippen LogP contribution in [-0.4, -0.2) is 51.9 Å². The van der Waals surface area contributed by atoms with Crippen LogP contribution in [0.2, 0.25) is 0 Å². The Morgan fingerprint density at radius 1 is 0.953 bits per heavy atom. The number of aromatic nitrogens is 4. The predicted molar refractivity (Wildman–Crippen MR) is 166 cm³/mol. The third-order valence-corrected chi connectivity index (χ3v) is 7.59. The highest BCUT2D eigenvalue weighted by Gasteiger charge is 2.20. The van der Waals surface area contributed by atoms with E-state index in [9.17, 15) is 9.59 Å². The fourth-order valence-corrected chi connectivity index (χ4v) is 5.38. The molecule has 0 aliphatic rings. The SMILES string of the molecule is CCOC(=O)c1cccc(N(Cc2ccc(-c3ccccc3-c3nn[nH]n3)cc2)C(=O)CC/C(=N\OC)c2cccs2)c1. The molecule has 0 saturated heterocycles. The molecule has 1 amide bonds. The van der Waals surface area contributed by atoms with Crippen molar-refractivity contribution in [2.75, 3.05) is 18.6 Å². The molecule has 0 radical (unpaired) electrons. The minimum absolute atomic E-state index is 0.118. The number of tetrazole rings is 1. The summed E-state index contributed by atoms with van der Waals surface area (Å²) in [7, 11) is 1.49. The van der Waals surface area contributed by atoms with Gasteiger partial charge in [0.15, 0.2) is 0 Å². The molecule has 2 heterocycles. The van der Waals surface area contributed by atoms with Crippen molar-refractivity contribution in [1.82, 2.24) is 20.6 Å². The van der Waals surface area contributed by atoms with E-state index >= 15 is 0 Å². The number of H-pyrrole nitrogens is 1. The lowest BCUT2D eigenvalue weighted by molar-refractivity contribution is -0.118. The largest absolute Gasteiger partial charge is 0.462 e. The van der Waals surface area contributed by atoms with Crippen molar-refractivity contribution in [2.24, 2.45) is 5.16 Å². The van der Waals surface area contributed by atoms with E-state index in [1.54, 1.807) is 30.0 Å². The van der Waals surface area contributed by atoms with Crippen LogP contribution in [-0.2, 0) is 20.9 Å². The first-order chi connectivity index (χ1) is 21.1. The molecule has 0 bridgehead atoms. The molecule has 5 aromatic rings. The van der Waals surface area contributed by atoms with Crippen molar-refractivity contribution >= 4 is 34.6 Å². The molecule has 0 saturated carbocycles. The third kappa shape index (κ3) is 7.19. The van der Waals surface area contributed by atoms with Gasteiger partial charge in [0.05, 0.1) is 29.3 Å². The van der Waals surface area contributed by atoms with E-state index in [-0.39, 0.29) is 18.9 Å². The average Bonchev–Trinajstić information content (AvgIpc) is 3.78. The van der Waals surface area contributed by atoms with Gasteiger partial charge in [0.2, 0.25) is 11.7 Å². The standard InChI is InChI=1S/C32H30N6O4S/c1-3-42-32(40)24-8-6-9-25(20-24)38(30(39)18-17-28(35-41-2)29-12-7-19-43-29)21-22-13-15-23(16-14-22)26-10-4-5-11-27(26)31-33-36-37-34-31/h4-16,19-20H,3,17-18,21H2,1-2H3,(H,33,34,36,37)/b35-28+. The van der Waals surface area contributed by atoms with Gasteiger partial charge in [-0.15, -0.1) is 21.5 Å². The summed E-state index contributed by atoms with van der Waals surface area (Å²) in [5.41, 5.74) is 5.40. The zero-order valence-corrected chi connectivity index (χ0v) is 24.6. The second-order valence-corrected chi connectivity index (χ2v) is 10.4. The number of carbonyl (C=O) groups is 2. The summed E-state index contributed by atoms with van der Waals surface area (Å²) in [5, 5.41) is 20.6. The molecule has 1 N–H and O–H groups in total. The van der Waals surface area contributed by atoms with Crippen molar-refractivity contribution in [3.05, 3.63) is 106 Å². The Morgan fingerprint density at radius 3 is 2.47 bits per heavy atom. The lowest BCUT2D eigenvalue weighted by Gasteiger charge is -2.24. The van der Waals surface area contributed by atoms with Crippen LogP contribution in [0.25, 0.3) is 22.5 Å². The molecule has 11 heteroatoms. The molecule has 0 atom stereocenters. The van der Waals surface area contributed by atoms with Gasteiger partial charge in [0.1, 0.15) is 7.11 Å². The van der Waals surface area contributed by atoms with Crippen LogP contribution in [0.1, 0.15) is 40.6 Å². The molecule has 0 spiro atoms. The Morgan fingerprint density at radius 2 is 1.77 bits per heavy atom. The van der Waals surface area contributed by atoms with Crippen molar-refractivity contribution in [3.8, 4) is 22.5 Å². The third-order valence-electron chi connectivity index (χ3n) is 6.67. The summed E-state index contributed by atoms with van der Waals surface area (Å²) in [4.78, 5) is 34.0. The monoisotopic (exact) mass is 594 g/mol. The highest BCUT2D eigenvalue weighted by Crippen LogP contribution is 2.30. The van der Waals surface area contributed by atoms with E-state index in [0.29, 0.717) is 35.8 Å². The summed E-state index contributed by atoms with van der Waals surface area (Å²) < 4.78 is 5.19. The first kappa shape index (κ1) is 29.3. The van der Waals surface area contributed by atoms with Crippen LogP contribution in [0.15, 0.2) is 95.5 Å². The number of nitrogens with one attached hydrogen (secondary N) is 1. The second-order valence-electron chi connectivity index (χ2n) is 9.43. The number of rotatable bonds is 12. The highest BCUT2D eigenvalue weighted by molar-refractivity contribution is 7.12. The van der Waals surface area contributed by atoms with Gasteiger partial charge in [-0.1, -0.05) is 65.8 Å². The van der Waals surface area contributed by atoms with Gasteiger partial charge in [-0.3, -0.25) is 4.79 Å². The molecule has 0 aliphatic carbocycles. The van der Waals surface area contributed by atoms with E-state index in [4.69, 9.17) is 9.57 Å². The molecular weight excluding hydrogens is 564 g/mol. The first-order valence-corrected chi connectivity index (χ1v) is 14.6. The molecule has 5 rings (SSSR count). The number of ether oxygens (including phenoxy) is 1. The van der Waals surface area contributed by atoms with Gasteiger partial charge in [0, 0.05) is 24.1 Å². The highest BCUT2D eigenvalue weighted by atomic mass is 32.1. The van der Waals surface area contributed by atoms with Gasteiger partial charge < -0.3 is 14.5 Å². The van der Waals surface area contributed by atoms with Crippen molar-refractivity contribution < 1.29 is 19.2 Å². The first-order valence-electron chi connectivity index (χ1n) is 13.7. The van der Waals surface area contributed by atoms with Crippen molar-refractivity contribution in [1.29, 1.82) is 0 Å². The van der Waals surface area contributed by atoms with E-state index in [1.165, 1.54) is 18.4 Å². The number of hydrogen-bond acceptors (Lipinski definition) is 9. The maximum Gasteiger partial charge on any atom is 0.338 e. The van der Waals surface area contributed by atoms with E-state index in [1.807, 2.05) is 72.1 Å². The molecule has 2 aromatic heterocycles. The Kier molecular flexibility index (Phi) is 9.65. The summed E-state index contributed by atoms with van der Waals surface area (Å²) in [6, 6.07) is 26.7. The maximum atomic E-state index is 13.8. The van der Waals surface area contributed by atoms with Crippen LogP contribution in [0, 0.1) is 0 Å². The number of thiophene rings is 1. The summed E-state index contributed by atoms with van der Waals surface area (Å²) in [5.74, 6) is -0.0432. The number of oxime groups is 1. The average molecular weight is 595 g/mol. The van der Waals surface area contributed by atoms with Crippen LogP contribution in [0.4, 0.5) is 5.69 Å². The van der Waals surface area contributed by atoms with Crippen LogP contribution in [0.5, 0.6) is 0 Å². The van der Waals surface area contributed by atoms with Gasteiger partial charge in [-0.05, 0) is 58.5 Å². The summed E-state index contributed by atoms with van der Waals surface area (Å²) in [6.45, 7) is 2.32. The molecule has 0 fully saturated rings. The zero-order valence-electron chi connectivity index (χ0n) is 23.8. The summed E-state index contributed by atoms with van der Waals surface area (Å²) in [6.07, 6.45) is 0.590.